The van der Waals surface area contributed by atoms with Gasteiger partial charge in [0.15, 0.2) is 0 Å². The summed E-state index contributed by atoms with van der Waals surface area (Å²) in [5.41, 5.74) is 2.30. The molecular weight excluding hydrogens is 646 g/mol. The molecule has 0 heterocycles. The number of carboxylic acids is 1. The summed E-state index contributed by atoms with van der Waals surface area (Å²) in [6, 6.07) is 18.8. The van der Waals surface area contributed by atoms with Crippen molar-refractivity contribution in [1.29, 1.82) is 0 Å². The summed E-state index contributed by atoms with van der Waals surface area (Å²) in [6.07, 6.45) is 4.19. The van der Waals surface area contributed by atoms with E-state index in [1.54, 1.807) is 19.2 Å². The van der Waals surface area contributed by atoms with Gasteiger partial charge in [-0.25, -0.2) is 4.79 Å². The van der Waals surface area contributed by atoms with Crippen molar-refractivity contribution in [3.63, 3.8) is 0 Å². The van der Waals surface area contributed by atoms with Gasteiger partial charge in [-0.2, -0.15) is 0 Å². The van der Waals surface area contributed by atoms with Crippen LogP contribution in [0.4, 0.5) is 0 Å². The molecular formula is C26H26I2O5. The third-order valence-corrected chi connectivity index (χ3v) is 6.78. The molecule has 7 heteroatoms. The fourth-order valence-corrected chi connectivity index (χ4v) is 4.51. The molecule has 0 amide bonds. The zero-order chi connectivity index (χ0) is 23.6. The van der Waals surface area contributed by atoms with Crippen LogP contribution in [-0.4, -0.2) is 31.4 Å². The molecule has 5 nitrogen and oxygen atoms in total. The van der Waals surface area contributed by atoms with Crippen molar-refractivity contribution in [2.75, 3.05) is 20.3 Å². The van der Waals surface area contributed by atoms with E-state index in [0.717, 1.165) is 61.2 Å². The molecule has 0 saturated heterocycles. The molecule has 0 aromatic heterocycles. The van der Waals surface area contributed by atoms with Crippen molar-refractivity contribution >= 4 is 51.2 Å². The number of ether oxygens (including phenoxy) is 3. The van der Waals surface area contributed by atoms with Crippen LogP contribution in [-0.2, 0) is 0 Å². The molecule has 0 radical (unpaired) electrons. The fourth-order valence-electron chi connectivity index (χ4n) is 3.26. The van der Waals surface area contributed by atoms with Crippen molar-refractivity contribution < 1.29 is 24.1 Å². The topological polar surface area (TPSA) is 65.0 Å². The van der Waals surface area contributed by atoms with E-state index in [1.165, 1.54) is 0 Å². The van der Waals surface area contributed by atoms with E-state index in [1.807, 2.05) is 48.5 Å². The first-order valence-corrected chi connectivity index (χ1v) is 12.9. The Morgan fingerprint density at radius 2 is 1.27 bits per heavy atom. The molecule has 0 saturated carbocycles. The van der Waals surface area contributed by atoms with Crippen molar-refractivity contribution in [2.24, 2.45) is 0 Å². The highest BCUT2D eigenvalue weighted by Gasteiger charge is 2.08. The Hall–Kier alpha value is -2.01. The van der Waals surface area contributed by atoms with Crippen LogP contribution >= 0.6 is 45.2 Å². The molecule has 3 aromatic rings. The van der Waals surface area contributed by atoms with Crippen molar-refractivity contribution in [3.8, 4) is 28.4 Å². The first kappa shape index (κ1) is 25.6. The van der Waals surface area contributed by atoms with Gasteiger partial charge in [-0.3, -0.25) is 0 Å². The molecule has 0 fully saturated rings. The van der Waals surface area contributed by atoms with Gasteiger partial charge in [0.2, 0.25) is 0 Å². The van der Waals surface area contributed by atoms with Crippen LogP contribution in [0.25, 0.3) is 11.1 Å². The highest BCUT2D eigenvalue weighted by molar-refractivity contribution is 14.1. The second-order valence-electron chi connectivity index (χ2n) is 7.44. The Morgan fingerprint density at radius 3 is 1.85 bits per heavy atom. The van der Waals surface area contributed by atoms with Crippen LogP contribution in [0.5, 0.6) is 17.2 Å². The minimum atomic E-state index is -0.917. The average molecular weight is 672 g/mol. The monoisotopic (exact) mass is 672 g/mol. The Balaban J connectivity index is 1.32. The normalized spacial score (nSPS) is 10.6. The first-order valence-electron chi connectivity index (χ1n) is 10.7. The van der Waals surface area contributed by atoms with Gasteiger partial charge in [-0.15, -0.1) is 0 Å². The van der Waals surface area contributed by atoms with Crippen LogP contribution < -0.4 is 14.2 Å². The molecule has 1 N–H and O–H groups in total. The SMILES string of the molecule is COc1cc(I)c(OCCCCCCOc2ccc(-c3ccc(C(=O)O)cc3)cc2)cc1I. The summed E-state index contributed by atoms with van der Waals surface area (Å²) in [4.78, 5) is 11.0. The van der Waals surface area contributed by atoms with Crippen molar-refractivity contribution in [2.45, 2.75) is 25.7 Å². The number of hydrogen-bond donors (Lipinski definition) is 1. The average Bonchev–Trinajstić information content (AvgIpc) is 2.83. The molecule has 33 heavy (non-hydrogen) atoms. The first-order chi connectivity index (χ1) is 16.0. The van der Waals surface area contributed by atoms with Crippen LogP contribution in [0.3, 0.4) is 0 Å². The van der Waals surface area contributed by atoms with E-state index in [0.29, 0.717) is 13.2 Å². The summed E-state index contributed by atoms with van der Waals surface area (Å²) in [6.45, 7) is 1.39. The molecule has 0 unspecified atom stereocenters. The lowest BCUT2D eigenvalue weighted by molar-refractivity contribution is 0.0697. The molecule has 0 bridgehead atoms. The van der Waals surface area contributed by atoms with Gasteiger partial charge in [0.25, 0.3) is 0 Å². The second-order valence-corrected chi connectivity index (χ2v) is 9.76. The van der Waals surface area contributed by atoms with Crippen LogP contribution in [0.2, 0.25) is 0 Å². The number of benzene rings is 3. The lowest BCUT2D eigenvalue weighted by Gasteiger charge is -2.11. The largest absolute Gasteiger partial charge is 0.496 e. The molecule has 174 valence electrons. The molecule has 0 aliphatic carbocycles. The molecule has 0 aliphatic rings. The Morgan fingerprint density at radius 1 is 0.758 bits per heavy atom. The third-order valence-electron chi connectivity index (χ3n) is 5.09. The number of carbonyl (C=O) groups is 1. The second kappa shape index (κ2) is 13.0. The number of halogens is 2. The van der Waals surface area contributed by atoms with E-state index in [-0.39, 0.29) is 5.56 Å². The molecule has 3 aromatic carbocycles. The van der Waals surface area contributed by atoms with E-state index < -0.39 is 5.97 Å². The lowest BCUT2D eigenvalue weighted by atomic mass is 10.0. The Labute approximate surface area is 221 Å². The maximum Gasteiger partial charge on any atom is 0.335 e. The van der Waals surface area contributed by atoms with Crippen LogP contribution in [0.15, 0.2) is 60.7 Å². The lowest BCUT2D eigenvalue weighted by Crippen LogP contribution is -2.01. The summed E-state index contributed by atoms with van der Waals surface area (Å²) < 4.78 is 19.2. The summed E-state index contributed by atoms with van der Waals surface area (Å²) in [5, 5.41) is 9.00. The quantitative estimate of drug-likeness (QED) is 0.162. The van der Waals surface area contributed by atoms with Crippen LogP contribution in [0.1, 0.15) is 36.0 Å². The Bertz CT molecular complexity index is 1050. The number of aromatic carboxylic acids is 1. The maximum absolute atomic E-state index is 11.0. The van der Waals surface area contributed by atoms with Gasteiger partial charge in [0.05, 0.1) is 33.0 Å². The van der Waals surface area contributed by atoms with Gasteiger partial charge >= 0.3 is 5.97 Å². The smallest absolute Gasteiger partial charge is 0.335 e. The van der Waals surface area contributed by atoms with Gasteiger partial charge < -0.3 is 19.3 Å². The predicted molar refractivity (Wildman–Crippen MR) is 147 cm³/mol. The zero-order valence-corrected chi connectivity index (χ0v) is 22.7. The van der Waals surface area contributed by atoms with Gasteiger partial charge in [-0.1, -0.05) is 24.3 Å². The summed E-state index contributed by atoms with van der Waals surface area (Å²) in [7, 11) is 1.68. The number of rotatable bonds is 12. The molecule has 3 rings (SSSR count). The summed E-state index contributed by atoms with van der Waals surface area (Å²) >= 11 is 4.53. The van der Waals surface area contributed by atoms with E-state index in [4.69, 9.17) is 19.3 Å². The van der Waals surface area contributed by atoms with Gasteiger partial charge in [-0.05, 0) is 118 Å². The maximum atomic E-state index is 11.0. The minimum absolute atomic E-state index is 0.288. The predicted octanol–water partition coefficient (Wildman–Crippen LogP) is 7.29. The van der Waals surface area contributed by atoms with E-state index in [9.17, 15) is 4.79 Å². The highest BCUT2D eigenvalue weighted by atomic mass is 127. The van der Waals surface area contributed by atoms with E-state index in [2.05, 4.69) is 45.2 Å². The number of carboxylic acid groups (broad SMARTS) is 1. The number of hydrogen-bond acceptors (Lipinski definition) is 4. The minimum Gasteiger partial charge on any atom is -0.496 e. The highest BCUT2D eigenvalue weighted by Crippen LogP contribution is 2.31. The fraction of sp³-hybridized carbons (Fsp3) is 0.269. The standard InChI is InChI=1S/C26H26I2O5/c1-31-24-16-23(28)25(17-22(24)27)33-15-5-3-2-4-14-32-21-12-10-19(11-13-21)18-6-8-20(9-7-18)26(29)30/h6-13,16-17H,2-5,14-15H2,1H3,(H,29,30). The molecule has 0 atom stereocenters. The number of unbranched alkanes of at least 4 members (excludes halogenated alkanes) is 3. The van der Waals surface area contributed by atoms with Gasteiger partial charge in [0.1, 0.15) is 17.2 Å². The third kappa shape index (κ3) is 7.77. The Kier molecular flexibility index (Phi) is 10.1. The van der Waals surface area contributed by atoms with Gasteiger partial charge in [0, 0.05) is 0 Å². The molecule has 0 aliphatic heterocycles. The molecule has 0 spiro atoms. The summed E-state index contributed by atoms with van der Waals surface area (Å²) in [5.74, 6) is 1.70. The zero-order valence-electron chi connectivity index (χ0n) is 18.4. The van der Waals surface area contributed by atoms with Crippen molar-refractivity contribution in [3.05, 3.63) is 73.4 Å². The van der Waals surface area contributed by atoms with Crippen molar-refractivity contribution in [1.82, 2.24) is 0 Å². The van der Waals surface area contributed by atoms with E-state index >= 15 is 0 Å². The number of methoxy groups -OCH3 is 1. The van der Waals surface area contributed by atoms with Crippen LogP contribution in [0, 0.1) is 7.14 Å².